The molecule has 1 aliphatic heterocycles. The molecule has 2 aromatic rings. The van der Waals surface area contributed by atoms with Crippen molar-refractivity contribution in [3.63, 3.8) is 0 Å². The second kappa shape index (κ2) is 9.85. The molecule has 8 heteroatoms. The standard InChI is InChI=1S/C23H33N5O3/c1-4-5-12-28-21(24)20(22(30)25-23(28)31)26(13-10-16(2)3)15-19(29)27-14-11-17-8-6-7-9-18(17)27/h6-9,16H,4-5,10-15,24H2,1-3H3,(H,25,30,31). The van der Waals surface area contributed by atoms with Crippen LogP contribution in [0.15, 0.2) is 33.9 Å². The normalized spacial score (nSPS) is 13.0. The highest BCUT2D eigenvalue weighted by Crippen LogP contribution is 2.28. The zero-order valence-corrected chi connectivity index (χ0v) is 18.7. The van der Waals surface area contributed by atoms with Gasteiger partial charge in [0.1, 0.15) is 11.5 Å². The van der Waals surface area contributed by atoms with Gasteiger partial charge in [0.2, 0.25) is 5.91 Å². The molecule has 0 radical (unpaired) electrons. The number of anilines is 3. The molecule has 3 N–H and O–H groups in total. The van der Waals surface area contributed by atoms with E-state index in [1.54, 1.807) is 9.80 Å². The molecule has 3 rings (SSSR count). The Morgan fingerprint density at radius 2 is 2.00 bits per heavy atom. The number of aromatic nitrogens is 2. The summed E-state index contributed by atoms with van der Waals surface area (Å²) in [4.78, 5) is 44.2. The van der Waals surface area contributed by atoms with Gasteiger partial charge in [-0.05, 0) is 36.8 Å². The van der Waals surface area contributed by atoms with E-state index >= 15 is 0 Å². The SMILES string of the molecule is CCCCn1c(N)c(N(CCC(C)C)CC(=O)N2CCc3ccccc32)c(=O)[nH]c1=O. The fraction of sp³-hybridized carbons (Fsp3) is 0.522. The fourth-order valence-corrected chi connectivity index (χ4v) is 3.95. The number of fused-ring (bicyclic) bond motifs is 1. The van der Waals surface area contributed by atoms with E-state index in [0.717, 1.165) is 36.9 Å². The maximum Gasteiger partial charge on any atom is 0.330 e. The van der Waals surface area contributed by atoms with Gasteiger partial charge in [0.25, 0.3) is 5.56 Å². The first kappa shape index (κ1) is 22.7. The Labute approximate surface area is 182 Å². The van der Waals surface area contributed by atoms with Gasteiger partial charge in [-0.1, -0.05) is 45.4 Å². The number of nitrogens with one attached hydrogen (secondary N) is 1. The predicted molar refractivity (Wildman–Crippen MR) is 125 cm³/mol. The molecule has 1 aromatic carbocycles. The molecule has 31 heavy (non-hydrogen) atoms. The van der Waals surface area contributed by atoms with Gasteiger partial charge < -0.3 is 15.5 Å². The van der Waals surface area contributed by atoms with Crippen molar-refractivity contribution in [1.82, 2.24) is 9.55 Å². The van der Waals surface area contributed by atoms with Crippen LogP contribution in [-0.2, 0) is 17.8 Å². The highest BCUT2D eigenvalue weighted by Gasteiger charge is 2.28. The molecule has 2 heterocycles. The summed E-state index contributed by atoms with van der Waals surface area (Å²) in [6.07, 6.45) is 3.27. The van der Waals surface area contributed by atoms with E-state index in [2.05, 4.69) is 18.8 Å². The summed E-state index contributed by atoms with van der Waals surface area (Å²) in [5.74, 6) is 0.427. The lowest BCUT2D eigenvalue weighted by atomic mass is 10.1. The third-order valence-corrected chi connectivity index (χ3v) is 5.76. The lowest BCUT2D eigenvalue weighted by Gasteiger charge is -2.28. The number of hydrogen-bond acceptors (Lipinski definition) is 5. The molecule has 0 unspecified atom stereocenters. The third kappa shape index (κ3) is 5.00. The number of nitrogens with zero attached hydrogens (tertiary/aromatic N) is 3. The third-order valence-electron chi connectivity index (χ3n) is 5.76. The van der Waals surface area contributed by atoms with Gasteiger partial charge in [-0.25, -0.2) is 4.79 Å². The minimum atomic E-state index is -0.548. The highest BCUT2D eigenvalue weighted by molar-refractivity contribution is 5.98. The number of nitrogen functional groups attached to an aromatic ring is 1. The number of unbranched alkanes of at least 4 members (excludes halogenated alkanes) is 1. The molecule has 0 saturated carbocycles. The number of H-pyrrole nitrogens is 1. The molecule has 168 valence electrons. The number of carbonyl (C=O) groups is 1. The van der Waals surface area contributed by atoms with Crippen molar-refractivity contribution in [1.29, 1.82) is 0 Å². The Bertz CT molecular complexity index is 1040. The highest BCUT2D eigenvalue weighted by atomic mass is 16.2. The summed E-state index contributed by atoms with van der Waals surface area (Å²) >= 11 is 0. The summed E-state index contributed by atoms with van der Waals surface area (Å²) in [7, 11) is 0. The van der Waals surface area contributed by atoms with E-state index < -0.39 is 11.2 Å². The van der Waals surface area contributed by atoms with Gasteiger partial charge in [0.15, 0.2) is 0 Å². The van der Waals surface area contributed by atoms with Gasteiger partial charge in [0, 0.05) is 25.3 Å². The van der Waals surface area contributed by atoms with Crippen LogP contribution in [0.3, 0.4) is 0 Å². The van der Waals surface area contributed by atoms with Crippen molar-refractivity contribution in [2.75, 3.05) is 35.2 Å². The summed E-state index contributed by atoms with van der Waals surface area (Å²) < 4.78 is 1.40. The monoisotopic (exact) mass is 427 g/mol. The number of rotatable bonds is 9. The molecule has 1 aromatic heterocycles. The smallest absolute Gasteiger partial charge is 0.330 e. The summed E-state index contributed by atoms with van der Waals surface area (Å²) in [5, 5.41) is 0. The first-order valence-electron chi connectivity index (χ1n) is 11.1. The zero-order chi connectivity index (χ0) is 22.5. The molecule has 0 bridgehead atoms. The average molecular weight is 428 g/mol. The number of carbonyl (C=O) groups excluding carboxylic acids is 1. The number of amides is 1. The topological polar surface area (TPSA) is 104 Å². The second-order valence-electron chi connectivity index (χ2n) is 8.53. The van der Waals surface area contributed by atoms with Gasteiger partial charge in [0.05, 0.1) is 6.54 Å². The molecular weight excluding hydrogens is 394 g/mol. The van der Waals surface area contributed by atoms with Crippen LogP contribution >= 0.6 is 0 Å². The van der Waals surface area contributed by atoms with Crippen molar-refractivity contribution in [2.45, 2.75) is 53.0 Å². The van der Waals surface area contributed by atoms with Gasteiger partial charge in [-0.3, -0.25) is 19.1 Å². The largest absolute Gasteiger partial charge is 0.383 e. The van der Waals surface area contributed by atoms with Crippen LogP contribution in [0.4, 0.5) is 17.2 Å². The molecule has 0 spiro atoms. The summed E-state index contributed by atoms with van der Waals surface area (Å²) in [5.41, 5.74) is 7.53. The number of nitrogens with two attached hydrogens (primary N) is 1. The van der Waals surface area contributed by atoms with E-state index in [1.807, 2.05) is 31.2 Å². The van der Waals surface area contributed by atoms with Gasteiger partial charge in [-0.15, -0.1) is 0 Å². The van der Waals surface area contributed by atoms with Crippen LogP contribution in [0.2, 0.25) is 0 Å². The van der Waals surface area contributed by atoms with Crippen molar-refractivity contribution in [3.05, 3.63) is 50.7 Å². The molecule has 1 amide bonds. The molecule has 0 atom stereocenters. The number of para-hydroxylation sites is 1. The van der Waals surface area contributed by atoms with Crippen LogP contribution in [0.5, 0.6) is 0 Å². The number of aromatic amines is 1. The second-order valence-corrected chi connectivity index (χ2v) is 8.53. The first-order chi connectivity index (χ1) is 14.8. The van der Waals surface area contributed by atoms with E-state index in [-0.39, 0.29) is 24.0 Å². The minimum absolute atomic E-state index is 0.0281. The van der Waals surface area contributed by atoms with Crippen LogP contribution < -0.4 is 26.8 Å². The van der Waals surface area contributed by atoms with E-state index in [1.165, 1.54) is 4.57 Å². The van der Waals surface area contributed by atoms with E-state index in [9.17, 15) is 14.4 Å². The summed E-state index contributed by atoms with van der Waals surface area (Å²) in [6.45, 7) is 7.78. The quantitative estimate of drug-likeness (QED) is 0.639. The first-order valence-corrected chi connectivity index (χ1v) is 11.1. The predicted octanol–water partition coefficient (Wildman–Crippen LogP) is 2.36. The number of hydrogen-bond donors (Lipinski definition) is 2. The summed E-state index contributed by atoms with van der Waals surface area (Å²) in [6, 6.07) is 7.88. The van der Waals surface area contributed by atoms with Crippen molar-refractivity contribution in [2.24, 2.45) is 5.92 Å². The van der Waals surface area contributed by atoms with E-state index in [0.29, 0.717) is 25.6 Å². The Balaban J connectivity index is 1.94. The maximum atomic E-state index is 13.2. The van der Waals surface area contributed by atoms with Crippen molar-refractivity contribution >= 4 is 23.1 Å². The van der Waals surface area contributed by atoms with Crippen LogP contribution in [0.1, 0.15) is 45.6 Å². The van der Waals surface area contributed by atoms with Gasteiger partial charge >= 0.3 is 5.69 Å². The lowest BCUT2D eigenvalue weighted by molar-refractivity contribution is -0.117. The average Bonchev–Trinajstić information content (AvgIpc) is 3.15. The van der Waals surface area contributed by atoms with Gasteiger partial charge in [-0.2, -0.15) is 0 Å². The Morgan fingerprint density at radius 3 is 2.71 bits per heavy atom. The van der Waals surface area contributed by atoms with Crippen molar-refractivity contribution in [3.8, 4) is 0 Å². The van der Waals surface area contributed by atoms with Crippen molar-refractivity contribution < 1.29 is 4.79 Å². The van der Waals surface area contributed by atoms with Crippen LogP contribution in [0, 0.1) is 5.92 Å². The molecule has 8 nitrogen and oxygen atoms in total. The molecule has 0 aliphatic carbocycles. The Hall–Kier alpha value is -3.03. The van der Waals surface area contributed by atoms with E-state index in [4.69, 9.17) is 5.73 Å². The fourth-order valence-electron chi connectivity index (χ4n) is 3.95. The van der Waals surface area contributed by atoms with Crippen LogP contribution in [0.25, 0.3) is 0 Å². The molecule has 0 fully saturated rings. The Morgan fingerprint density at radius 1 is 1.26 bits per heavy atom. The maximum absolute atomic E-state index is 13.2. The number of benzene rings is 1. The minimum Gasteiger partial charge on any atom is -0.383 e. The molecular formula is C23H33N5O3. The lowest BCUT2D eigenvalue weighted by Crippen LogP contribution is -2.44. The van der Waals surface area contributed by atoms with Crippen LogP contribution in [-0.4, -0.2) is 35.1 Å². The Kier molecular flexibility index (Phi) is 7.20. The zero-order valence-electron chi connectivity index (χ0n) is 18.7. The molecule has 0 saturated heterocycles. The molecule has 1 aliphatic rings.